The molecule has 29 heavy (non-hydrogen) atoms. The van der Waals surface area contributed by atoms with Crippen LogP contribution < -0.4 is 10.1 Å². The van der Waals surface area contributed by atoms with Gasteiger partial charge in [-0.05, 0) is 92.2 Å². The summed E-state index contributed by atoms with van der Waals surface area (Å²) in [7, 11) is 0. The van der Waals surface area contributed by atoms with Crippen molar-refractivity contribution < 1.29 is 14.3 Å². The van der Waals surface area contributed by atoms with Crippen molar-refractivity contribution in [3.63, 3.8) is 0 Å². The van der Waals surface area contributed by atoms with Crippen LogP contribution in [0, 0.1) is 3.57 Å². The lowest BCUT2D eigenvalue weighted by molar-refractivity contribution is -0.142. The average Bonchev–Trinajstić information content (AvgIpc) is 2.65. The van der Waals surface area contributed by atoms with Gasteiger partial charge in [0.05, 0.1) is 0 Å². The summed E-state index contributed by atoms with van der Waals surface area (Å²) in [4.78, 5) is 27.2. The zero-order chi connectivity index (χ0) is 21.6. The summed E-state index contributed by atoms with van der Waals surface area (Å²) < 4.78 is 7.70. The third-order valence-electron chi connectivity index (χ3n) is 4.11. The zero-order valence-corrected chi connectivity index (χ0v) is 20.8. The zero-order valence-electron chi connectivity index (χ0n) is 17.0. The molecular weight excluding hydrogens is 547 g/mol. The molecule has 0 fully saturated rings. The molecule has 0 saturated heterocycles. The van der Waals surface area contributed by atoms with Crippen molar-refractivity contribution in [3.8, 4) is 5.75 Å². The van der Waals surface area contributed by atoms with Crippen molar-refractivity contribution in [1.29, 1.82) is 0 Å². The number of nitrogens with zero attached hydrogens (tertiary/aromatic N) is 1. The molecule has 0 aromatic heterocycles. The molecule has 0 radical (unpaired) electrons. The molecule has 0 aliphatic rings. The van der Waals surface area contributed by atoms with Gasteiger partial charge in [0.15, 0.2) is 6.61 Å². The normalized spacial score (nSPS) is 12.2. The number of carbonyl (C=O) groups is 2. The Bertz CT molecular complexity index is 833. The van der Waals surface area contributed by atoms with Crippen LogP contribution in [0.15, 0.2) is 53.0 Å². The number of amides is 2. The van der Waals surface area contributed by atoms with E-state index in [9.17, 15) is 9.59 Å². The fraction of sp³-hybridized carbons (Fsp3) is 0.364. The highest BCUT2D eigenvalue weighted by molar-refractivity contribution is 14.1. The lowest BCUT2D eigenvalue weighted by Gasteiger charge is -2.31. The molecule has 0 aliphatic carbocycles. The number of benzene rings is 2. The number of carbonyl (C=O) groups excluding carboxylic acids is 2. The summed E-state index contributed by atoms with van der Waals surface area (Å²) >= 11 is 5.63. The largest absolute Gasteiger partial charge is 0.484 e. The Labute approximate surface area is 194 Å². The molecule has 1 atom stereocenters. The van der Waals surface area contributed by atoms with Gasteiger partial charge in [0.2, 0.25) is 5.91 Å². The first-order chi connectivity index (χ1) is 13.5. The van der Waals surface area contributed by atoms with Gasteiger partial charge in [-0.3, -0.25) is 9.59 Å². The third kappa shape index (κ3) is 7.97. The predicted octanol–water partition coefficient (Wildman–Crippen LogP) is 4.76. The van der Waals surface area contributed by atoms with E-state index in [2.05, 4.69) is 43.8 Å². The summed E-state index contributed by atoms with van der Waals surface area (Å²) in [5.41, 5.74) is 0.557. The Balaban J connectivity index is 2.15. The molecule has 0 unspecified atom stereocenters. The van der Waals surface area contributed by atoms with E-state index >= 15 is 0 Å². The van der Waals surface area contributed by atoms with E-state index in [4.69, 9.17) is 4.74 Å². The van der Waals surface area contributed by atoms with Crippen molar-refractivity contribution in [2.75, 3.05) is 6.61 Å². The van der Waals surface area contributed by atoms with Crippen molar-refractivity contribution >= 4 is 50.3 Å². The summed E-state index contributed by atoms with van der Waals surface area (Å²) in [6, 6.07) is 14.5. The van der Waals surface area contributed by atoms with Gasteiger partial charge in [-0.2, -0.15) is 0 Å². The minimum atomic E-state index is -0.634. The van der Waals surface area contributed by atoms with E-state index in [1.54, 1.807) is 11.8 Å². The van der Waals surface area contributed by atoms with Crippen LogP contribution in [0.2, 0.25) is 0 Å². The van der Waals surface area contributed by atoms with Gasteiger partial charge in [0.1, 0.15) is 11.8 Å². The maximum Gasteiger partial charge on any atom is 0.261 e. The van der Waals surface area contributed by atoms with E-state index in [0.29, 0.717) is 12.3 Å². The van der Waals surface area contributed by atoms with E-state index < -0.39 is 6.04 Å². The summed E-state index contributed by atoms with van der Waals surface area (Å²) in [6.07, 6.45) is 0. The van der Waals surface area contributed by atoms with Crippen LogP contribution >= 0.6 is 38.5 Å². The van der Waals surface area contributed by atoms with E-state index in [0.717, 1.165) is 13.6 Å². The molecule has 0 bridgehead atoms. The highest BCUT2D eigenvalue weighted by Gasteiger charge is 2.28. The maximum atomic E-state index is 13.0. The van der Waals surface area contributed by atoms with Gasteiger partial charge >= 0.3 is 0 Å². The van der Waals surface area contributed by atoms with Gasteiger partial charge in [0, 0.05) is 20.1 Å². The van der Waals surface area contributed by atoms with Crippen LogP contribution in [0.4, 0.5) is 0 Å². The van der Waals surface area contributed by atoms with Crippen LogP contribution in [0.3, 0.4) is 0 Å². The number of rotatable bonds is 7. The van der Waals surface area contributed by atoms with E-state index in [1.165, 1.54) is 0 Å². The molecule has 5 nitrogen and oxygen atoms in total. The molecule has 156 valence electrons. The summed E-state index contributed by atoms with van der Waals surface area (Å²) in [5.74, 6) is 0.175. The smallest absolute Gasteiger partial charge is 0.261 e. The molecule has 2 rings (SSSR count). The van der Waals surface area contributed by atoms with Crippen molar-refractivity contribution in [1.82, 2.24) is 10.2 Å². The van der Waals surface area contributed by atoms with Gasteiger partial charge in [-0.25, -0.2) is 0 Å². The Morgan fingerprint density at radius 1 is 1.10 bits per heavy atom. The SMILES string of the molecule is C[C@H](C(=O)NC(C)(C)C)N(Cc1ccc(Br)cc1)C(=O)COc1ccc(I)cc1. The Hall–Kier alpha value is -1.61. The Kier molecular flexibility index (Phi) is 8.51. The highest BCUT2D eigenvalue weighted by Crippen LogP contribution is 2.17. The second-order valence-corrected chi connectivity index (χ2v) is 9.97. The molecule has 2 aromatic carbocycles. The lowest BCUT2D eigenvalue weighted by Crippen LogP contribution is -2.53. The second kappa shape index (κ2) is 10.4. The minimum Gasteiger partial charge on any atom is -0.484 e. The standard InChI is InChI=1S/C22H26BrIN2O3/c1-15(21(28)25-22(2,3)4)26(13-16-5-7-17(23)8-6-16)20(27)14-29-19-11-9-18(24)10-12-19/h5-12,15H,13-14H2,1-4H3,(H,25,28)/t15-/m1/s1. The molecule has 2 aromatic rings. The van der Waals surface area contributed by atoms with Crippen molar-refractivity contribution in [3.05, 3.63) is 62.1 Å². The van der Waals surface area contributed by atoms with Crippen LogP contribution in [0.25, 0.3) is 0 Å². The van der Waals surface area contributed by atoms with Crippen LogP contribution in [0.5, 0.6) is 5.75 Å². The first kappa shape index (κ1) is 23.7. The first-order valence-corrected chi connectivity index (χ1v) is 11.2. The second-order valence-electron chi connectivity index (χ2n) is 7.81. The minimum absolute atomic E-state index is 0.135. The van der Waals surface area contributed by atoms with Gasteiger partial charge in [0.25, 0.3) is 5.91 Å². The molecule has 0 saturated carbocycles. The molecule has 0 aliphatic heterocycles. The fourth-order valence-corrected chi connectivity index (χ4v) is 3.23. The van der Waals surface area contributed by atoms with Gasteiger partial charge in [-0.1, -0.05) is 28.1 Å². The molecule has 2 amide bonds. The quantitative estimate of drug-likeness (QED) is 0.487. The molecule has 7 heteroatoms. The molecule has 0 spiro atoms. The van der Waals surface area contributed by atoms with E-state index in [-0.39, 0.29) is 24.0 Å². The van der Waals surface area contributed by atoms with Crippen molar-refractivity contribution in [2.45, 2.75) is 45.8 Å². The number of hydrogen-bond acceptors (Lipinski definition) is 3. The molecule has 1 N–H and O–H groups in total. The van der Waals surface area contributed by atoms with E-state index in [1.807, 2.05) is 69.3 Å². The average molecular weight is 573 g/mol. The van der Waals surface area contributed by atoms with Crippen LogP contribution in [-0.4, -0.2) is 34.9 Å². The van der Waals surface area contributed by atoms with Gasteiger partial charge in [-0.15, -0.1) is 0 Å². The summed E-state index contributed by atoms with van der Waals surface area (Å²) in [5, 5.41) is 2.95. The topological polar surface area (TPSA) is 58.6 Å². The van der Waals surface area contributed by atoms with Crippen LogP contribution in [-0.2, 0) is 16.1 Å². The Morgan fingerprint density at radius 3 is 2.24 bits per heavy atom. The highest BCUT2D eigenvalue weighted by atomic mass is 127. The monoisotopic (exact) mass is 572 g/mol. The number of ether oxygens (including phenoxy) is 1. The number of halogens is 2. The molecular formula is C22H26BrIN2O3. The summed E-state index contributed by atoms with van der Waals surface area (Å²) in [6.45, 7) is 7.67. The first-order valence-electron chi connectivity index (χ1n) is 9.29. The predicted molar refractivity (Wildman–Crippen MR) is 127 cm³/mol. The molecule has 0 heterocycles. The van der Waals surface area contributed by atoms with Crippen LogP contribution in [0.1, 0.15) is 33.3 Å². The van der Waals surface area contributed by atoms with Gasteiger partial charge < -0.3 is 15.0 Å². The Morgan fingerprint density at radius 2 is 1.69 bits per heavy atom. The fourth-order valence-electron chi connectivity index (χ4n) is 2.60. The number of nitrogens with one attached hydrogen (secondary N) is 1. The third-order valence-corrected chi connectivity index (χ3v) is 5.36. The van der Waals surface area contributed by atoms with Crippen molar-refractivity contribution in [2.24, 2.45) is 0 Å². The lowest BCUT2D eigenvalue weighted by atomic mass is 10.1. The number of hydrogen-bond donors (Lipinski definition) is 1. The maximum absolute atomic E-state index is 13.0.